The number of hydrogen-bond donors (Lipinski definition) is 0. The Hall–Kier alpha value is -1.06. The lowest BCUT2D eigenvalue weighted by Gasteiger charge is -1.97. The Morgan fingerprint density at radius 3 is 2.61 bits per heavy atom. The summed E-state index contributed by atoms with van der Waals surface area (Å²) in [6.07, 6.45) is 1.42. The molecule has 18 heavy (non-hydrogen) atoms. The van der Waals surface area contributed by atoms with Gasteiger partial charge in [-0.25, -0.2) is 9.13 Å². The highest BCUT2D eigenvalue weighted by Gasteiger charge is 2.21. The van der Waals surface area contributed by atoms with E-state index < -0.39 is 0 Å². The van der Waals surface area contributed by atoms with Crippen molar-refractivity contribution < 1.29 is 9.36 Å². The molecule has 0 aliphatic carbocycles. The minimum Gasteiger partial charge on any atom is -0.303 e. The number of nitrogens with zero attached hydrogens (tertiary/aromatic N) is 2. The largest absolute Gasteiger partial charge is 0.303 e. The summed E-state index contributed by atoms with van der Waals surface area (Å²) in [5.74, 6) is 1.10. The smallest absolute Gasteiger partial charge is 0.254 e. The van der Waals surface area contributed by atoms with E-state index in [0.717, 1.165) is 29.7 Å². The second-order valence-electron chi connectivity index (χ2n) is 4.15. The van der Waals surface area contributed by atoms with Crippen LogP contribution in [0.25, 0.3) is 11.0 Å². The van der Waals surface area contributed by atoms with E-state index in [4.69, 9.17) is 23.2 Å². The van der Waals surface area contributed by atoms with Gasteiger partial charge in [0.2, 0.25) is 0 Å². The molecule has 0 unspecified atom stereocenters. The van der Waals surface area contributed by atoms with E-state index in [2.05, 4.69) is 16.1 Å². The zero-order chi connectivity index (χ0) is 13.3. The van der Waals surface area contributed by atoms with Crippen molar-refractivity contribution in [3.05, 3.63) is 28.0 Å². The molecule has 0 spiro atoms. The van der Waals surface area contributed by atoms with E-state index in [1.807, 2.05) is 19.1 Å². The number of aryl methyl sites for hydroxylation is 2. The first-order chi connectivity index (χ1) is 8.60. The van der Waals surface area contributed by atoms with Crippen molar-refractivity contribution in [3.8, 4) is 0 Å². The molecule has 0 saturated heterocycles. The summed E-state index contributed by atoms with van der Waals surface area (Å²) in [4.78, 5) is 10.6. The van der Waals surface area contributed by atoms with Gasteiger partial charge in [0, 0.05) is 25.5 Å². The van der Waals surface area contributed by atoms with Gasteiger partial charge in [0.05, 0.1) is 23.1 Å². The quantitative estimate of drug-likeness (QED) is 0.626. The third-order valence-corrected chi connectivity index (χ3v) is 3.89. The van der Waals surface area contributed by atoms with Gasteiger partial charge < -0.3 is 4.79 Å². The maximum Gasteiger partial charge on any atom is 0.254 e. The van der Waals surface area contributed by atoms with Gasteiger partial charge in [0.15, 0.2) is 11.0 Å². The van der Waals surface area contributed by atoms with E-state index in [0.29, 0.717) is 23.0 Å². The second kappa shape index (κ2) is 5.29. The zero-order valence-corrected chi connectivity index (χ0v) is 11.9. The highest BCUT2D eigenvalue weighted by molar-refractivity contribution is 6.42. The summed E-state index contributed by atoms with van der Waals surface area (Å²) in [5, 5.41) is 1.09. The Balaban J connectivity index is 2.72. The first kappa shape index (κ1) is 13.4. The van der Waals surface area contributed by atoms with Crippen LogP contribution in [0.2, 0.25) is 10.0 Å². The number of fused-ring (bicyclic) bond motifs is 1. The molecule has 1 aromatic carbocycles. The van der Waals surface area contributed by atoms with Crippen LogP contribution < -0.4 is 4.57 Å². The highest BCUT2D eigenvalue weighted by atomic mass is 35.5. The fourth-order valence-electron chi connectivity index (χ4n) is 2.32. The summed E-state index contributed by atoms with van der Waals surface area (Å²) < 4.78 is 4.28. The molecule has 0 radical (unpaired) electrons. The average Bonchev–Trinajstić information content (AvgIpc) is 2.59. The molecule has 96 valence electrons. The number of carbonyl (C=O) groups excluding carboxylic acids is 1. The fraction of sp³-hybridized carbons (Fsp3) is 0.385. The predicted octanol–water partition coefficient (Wildman–Crippen LogP) is 3.15. The number of imidazole rings is 1. The Morgan fingerprint density at radius 1 is 1.33 bits per heavy atom. The van der Waals surface area contributed by atoms with Crippen molar-refractivity contribution in [2.45, 2.75) is 33.4 Å². The molecule has 1 aromatic heterocycles. The molecular weight excluding hydrogens is 271 g/mol. The maximum absolute atomic E-state index is 10.6. The van der Waals surface area contributed by atoms with Crippen LogP contribution in [0, 0.1) is 6.92 Å². The number of aromatic nitrogens is 2. The van der Waals surface area contributed by atoms with Gasteiger partial charge in [-0.3, -0.25) is 0 Å². The first-order valence-electron chi connectivity index (χ1n) is 5.91. The van der Waals surface area contributed by atoms with Crippen molar-refractivity contribution >= 4 is 40.5 Å². The van der Waals surface area contributed by atoms with Gasteiger partial charge in [-0.15, -0.1) is 0 Å². The maximum atomic E-state index is 10.6. The van der Waals surface area contributed by atoms with Gasteiger partial charge in [-0.2, -0.15) is 0 Å². The minimum atomic E-state index is 0.495. The van der Waals surface area contributed by atoms with Crippen LogP contribution in [0.4, 0.5) is 0 Å². The number of benzene rings is 1. The summed E-state index contributed by atoms with van der Waals surface area (Å²) >= 11 is 12.1. The highest BCUT2D eigenvalue weighted by Crippen LogP contribution is 2.27. The van der Waals surface area contributed by atoms with Crippen LogP contribution in [-0.2, 0) is 17.9 Å². The molecule has 0 atom stereocenters. The van der Waals surface area contributed by atoms with Gasteiger partial charge in [0.25, 0.3) is 5.82 Å². The molecule has 0 N–H and O–H groups in total. The molecular formula is C13H15Cl2N2O+. The van der Waals surface area contributed by atoms with Crippen molar-refractivity contribution in [3.63, 3.8) is 0 Å². The Labute approximate surface area is 116 Å². The van der Waals surface area contributed by atoms with Gasteiger partial charge in [-0.1, -0.05) is 23.2 Å². The van der Waals surface area contributed by atoms with E-state index >= 15 is 0 Å². The number of hydrogen-bond acceptors (Lipinski definition) is 1. The van der Waals surface area contributed by atoms with Crippen molar-refractivity contribution in [2.75, 3.05) is 0 Å². The number of carbonyl (C=O) groups is 1. The van der Waals surface area contributed by atoms with Gasteiger partial charge >= 0.3 is 0 Å². The molecule has 0 aliphatic heterocycles. The third kappa shape index (κ3) is 2.13. The third-order valence-electron chi connectivity index (χ3n) is 3.17. The van der Waals surface area contributed by atoms with Crippen LogP contribution >= 0.6 is 23.2 Å². The normalized spacial score (nSPS) is 11.1. The van der Waals surface area contributed by atoms with Crippen LogP contribution in [0.1, 0.15) is 19.2 Å². The van der Waals surface area contributed by atoms with Crippen LogP contribution in [0.5, 0.6) is 0 Å². The molecule has 5 heteroatoms. The SMILES string of the molecule is CCn1c(C)[n+](CCC=O)c2cc(Cl)c(Cl)cc21. The molecule has 0 bridgehead atoms. The van der Waals surface area contributed by atoms with E-state index in [1.54, 1.807) is 0 Å². The lowest BCUT2D eigenvalue weighted by Crippen LogP contribution is -2.36. The topological polar surface area (TPSA) is 25.9 Å². The molecule has 2 rings (SSSR count). The first-order valence-corrected chi connectivity index (χ1v) is 6.67. The second-order valence-corrected chi connectivity index (χ2v) is 4.97. The monoisotopic (exact) mass is 285 g/mol. The average molecular weight is 286 g/mol. The Bertz CT molecular complexity index is 605. The molecule has 0 fully saturated rings. The van der Waals surface area contributed by atoms with Crippen LogP contribution in [0.3, 0.4) is 0 Å². The van der Waals surface area contributed by atoms with Gasteiger partial charge in [0.1, 0.15) is 6.29 Å². The molecule has 3 nitrogen and oxygen atoms in total. The van der Waals surface area contributed by atoms with Crippen LogP contribution in [-0.4, -0.2) is 10.9 Å². The summed E-state index contributed by atoms with van der Waals surface area (Å²) in [6.45, 7) is 5.64. The summed E-state index contributed by atoms with van der Waals surface area (Å²) in [6, 6.07) is 3.75. The van der Waals surface area contributed by atoms with Crippen molar-refractivity contribution in [1.29, 1.82) is 0 Å². The standard InChI is InChI=1S/C13H15Cl2N2O/c1-3-16-9(2)17(5-4-6-18)13-8-11(15)10(14)7-12(13)16/h6-8H,3-5H2,1-2H3/q+1. The van der Waals surface area contributed by atoms with E-state index in [1.165, 1.54) is 0 Å². The van der Waals surface area contributed by atoms with E-state index in [9.17, 15) is 4.79 Å². The lowest BCUT2D eigenvalue weighted by molar-refractivity contribution is -0.677. The zero-order valence-electron chi connectivity index (χ0n) is 10.4. The lowest BCUT2D eigenvalue weighted by atomic mass is 10.3. The predicted molar refractivity (Wildman–Crippen MR) is 73.2 cm³/mol. The van der Waals surface area contributed by atoms with Gasteiger partial charge in [-0.05, 0) is 6.92 Å². The summed E-state index contributed by atoms with van der Waals surface area (Å²) in [7, 11) is 0. The molecule has 1 heterocycles. The molecule has 2 aromatic rings. The number of aldehydes is 1. The Morgan fingerprint density at radius 2 is 2.00 bits per heavy atom. The molecule has 0 amide bonds. The fourth-order valence-corrected chi connectivity index (χ4v) is 2.63. The van der Waals surface area contributed by atoms with Crippen molar-refractivity contribution in [2.24, 2.45) is 0 Å². The van der Waals surface area contributed by atoms with Crippen LogP contribution in [0.15, 0.2) is 12.1 Å². The number of halogens is 2. The molecule has 0 aliphatic rings. The Kier molecular flexibility index (Phi) is 3.93. The molecule has 0 saturated carbocycles. The van der Waals surface area contributed by atoms with Crippen molar-refractivity contribution in [1.82, 2.24) is 4.57 Å². The number of rotatable bonds is 4. The van der Waals surface area contributed by atoms with E-state index in [-0.39, 0.29) is 0 Å². The minimum absolute atomic E-state index is 0.495. The summed E-state index contributed by atoms with van der Waals surface area (Å²) in [5.41, 5.74) is 2.07.